The predicted octanol–water partition coefficient (Wildman–Crippen LogP) is 2.20. The van der Waals surface area contributed by atoms with Crippen molar-refractivity contribution in [2.45, 2.75) is 27.3 Å². The van der Waals surface area contributed by atoms with E-state index in [4.69, 9.17) is 0 Å². The molecule has 0 saturated carbocycles. The molecule has 2 aromatic rings. The van der Waals surface area contributed by atoms with Gasteiger partial charge in [0.2, 0.25) is 11.8 Å². The standard InChI is InChI=1S/C22H27N3O3/c1-4-25(15-18-8-6-5-7-9-18)21(27)14-23-20(26)13-24-22(28)19-11-16(2)10-17(3)12-19/h5-12H,4,13-15H2,1-3H3,(H,23,26)(H,24,28). The number of nitrogens with one attached hydrogen (secondary N) is 2. The Bertz CT molecular complexity index is 814. The average molecular weight is 381 g/mol. The molecule has 3 amide bonds. The zero-order valence-corrected chi connectivity index (χ0v) is 16.6. The third-order valence-corrected chi connectivity index (χ3v) is 4.28. The van der Waals surface area contributed by atoms with Gasteiger partial charge in [0.05, 0.1) is 13.1 Å². The fourth-order valence-corrected chi connectivity index (χ4v) is 2.90. The molecular formula is C22H27N3O3. The maximum atomic E-state index is 12.3. The minimum absolute atomic E-state index is 0.0983. The molecule has 2 rings (SSSR count). The summed E-state index contributed by atoms with van der Waals surface area (Å²) in [5.74, 6) is -0.880. The van der Waals surface area contributed by atoms with Gasteiger partial charge in [-0.1, -0.05) is 47.5 Å². The molecular weight excluding hydrogens is 354 g/mol. The molecule has 0 unspecified atom stereocenters. The smallest absolute Gasteiger partial charge is 0.251 e. The van der Waals surface area contributed by atoms with Gasteiger partial charge in [0.15, 0.2) is 0 Å². The van der Waals surface area contributed by atoms with Crippen LogP contribution in [0.5, 0.6) is 0 Å². The highest BCUT2D eigenvalue weighted by atomic mass is 16.2. The molecule has 6 heteroatoms. The Morgan fingerprint density at radius 2 is 1.54 bits per heavy atom. The van der Waals surface area contributed by atoms with Crippen LogP contribution in [0.2, 0.25) is 0 Å². The van der Waals surface area contributed by atoms with Crippen molar-refractivity contribution < 1.29 is 14.4 Å². The second kappa shape index (κ2) is 10.3. The van der Waals surface area contributed by atoms with Crippen LogP contribution in [0.3, 0.4) is 0 Å². The summed E-state index contributed by atoms with van der Waals surface area (Å²) in [7, 11) is 0. The Morgan fingerprint density at radius 1 is 0.893 bits per heavy atom. The molecule has 6 nitrogen and oxygen atoms in total. The third-order valence-electron chi connectivity index (χ3n) is 4.28. The number of aryl methyl sites for hydroxylation is 2. The van der Waals surface area contributed by atoms with E-state index in [0.717, 1.165) is 16.7 Å². The lowest BCUT2D eigenvalue weighted by molar-refractivity contribution is -0.133. The second-order valence-corrected chi connectivity index (χ2v) is 6.73. The highest BCUT2D eigenvalue weighted by Gasteiger charge is 2.14. The Balaban J connectivity index is 1.79. The maximum absolute atomic E-state index is 12.3. The molecule has 0 bridgehead atoms. The molecule has 0 radical (unpaired) electrons. The molecule has 0 aromatic heterocycles. The summed E-state index contributed by atoms with van der Waals surface area (Å²) in [6.45, 7) is 6.49. The number of rotatable bonds is 8. The Labute approximate surface area is 165 Å². The van der Waals surface area contributed by atoms with E-state index < -0.39 is 5.91 Å². The Morgan fingerprint density at radius 3 is 2.14 bits per heavy atom. The normalized spacial score (nSPS) is 10.2. The lowest BCUT2D eigenvalue weighted by atomic mass is 10.1. The summed E-state index contributed by atoms with van der Waals surface area (Å²) in [5, 5.41) is 5.15. The summed E-state index contributed by atoms with van der Waals surface area (Å²) < 4.78 is 0. The SMILES string of the molecule is CCN(Cc1ccccc1)C(=O)CNC(=O)CNC(=O)c1cc(C)cc(C)c1. The summed E-state index contributed by atoms with van der Waals surface area (Å²) in [4.78, 5) is 38.2. The lowest BCUT2D eigenvalue weighted by Crippen LogP contribution is -2.43. The fourth-order valence-electron chi connectivity index (χ4n) is 2.90. The van der Waals surface area contributed by atoms with Crippen LogP contribution >= 0.6 is 0 Å². The monoisotopic (exact) mass is 381 g/mol. The number of amides is 3. The van der Waals surface area contributed by atoms with Crippen molar-refractivity contribution in [3.8, 4) is 0 Å². The molecule has 0 heterocycles. The van der Waals surface area contributed by atoms with Crippen LogP contribution in [0.4, 0.5) is 0 Å². The van der Waals surface area contributed by atoms with Gasteiger partial charge in [0.1, 0.15) is 0 Å². The van der Waals surface area contributed by atoms with Crippen molar-refractivity contribution in [3.63, 3.8) is 0 Å². The first kappa shape index (κ1) is 21.2. The molecule has 0 aliphatic rings. The van der Waals surface area contributed by atoms with E-state index in [-0.39, 0.29) is 24.9 Å². The van der Waals surface area contributed by atoms with Crippen LogP contribution in [0, 0.1) is 13.8 Å². The number of likely N-dealkylation sites (N-methyl/N-ethyl adjacent to an activating group) is 1. The van der Waals surface area contributed by atoms with E-state index in [1.54, 1.807) is 17.0 Å². The highest BCUT2D eigenvalue weighted by molar-refractivity contribution is 5.97. The zero-order chi connectivity index (χ0) is 20.5. The van der Waals surface area contributed by atoms with Crippen molar-refractivity contribution in [3.05, 3.63) is 70.8 Å². The van der Waals surface area contributed by atoms with Crippen LogP contribution in [-0.4, -0.2) is 42.3 Å². The molecule has 148 valence electrons. The van der Waals surface area contributed by atoms with Crippen molar-refractivity contribution in [2.75, 3.05) is 19.6 Å². The Hall–Kier alpha value is -3.15. The summed E-state index contributed by atoms with van der Waals surface area (Å²) in [5.41, 5.74) is 3.52. The quantitative estimate of drug-likeness (QED) is 0.736. The largest absolute Gasteiger partial charge is 0.345 e. The van der Waals surface area contributed by atoms with E-state index in [0.29, 0.717) is 18.7 Å². The van der Waals surface area contributed by atoms with Gasteiger partial charge in [0, 0.05) is 18.7 Å². The van der Waals surface area contributed by atoms with Crippen molar-refractivity contribution in [1.29, 1.82) is 0 Å². The van der Waals surface area contributed by atoms with Crippen LogP contribution in [0.1, 0.15) is 34.0 Å². The van der Waals surface area contributed by atoms with Crippen LogP contribution in [0.25, 0.3) is 0 Å². The molecule has 0 atom stereocenters. The maximum Gasteiger partial charge on any atom is 0.251 e. The van der Waals surface area contributed by atoms with Gasteiger partial charge in [-0.15, -0.1) is 0 Å². The molecule has 2 aromatic carbocycles. The van der Waals surface area contributed by atoms with Gasteiger partial charge in [-0.3, -0.25) is 14.4 Å². The van der Waals surface area contributed by atoms with E-state index in [9.17, 15) is 14.4 Å². The minimum Gasteiger partial charge on any atom is -0.345 e. The average Bonchev–Trinajstić information content (AvgIpc) is 2.68. The van der Waals surface area contributed by atoms with Crippen LogP contribution < -0.4 is 10.6 Å². The van der Waals surface area contributed by atoms with Gasteiger partial charge < -0.3 is 15.5 Å². The molecule has 0 spiro atoms. The first-order valence-corrected chi connectivity index (χ1v) is 9.34. The number of hydrogen-bond donors (Lipinski definition) is 2. The van der Waals surface area contributed by atoms with Crippen LogP contribution in [-0.2, 0) is 16.1 Å². The summed E-state index contributed by atoms with van der Waals surface area (Å²) >= 11 is 0. The first-order chi connectivity index (χ1) is 13.4. The Kier molecular flexibility index (Phi) is 7.75. The van der Waals surface area contributed by atoms with Gasteiger partial charge >= 0.3 is 0 Å². The number of carbonyl (C=O) groups excluding carboxylic acids is 3. The second-order valence-electron chi connectivity index (χ2n) is 6.73. The highest BCUT2D eigenvalue weighted by Crippen LogP contribution is 2.08. The third kappa shape index (κ3) is 6.54. The van der Waals surface area contributed by atoms with Gasteiger partial charge in [-0.25, -0.2) is 0 Å². The van der Waals surface area contributed by atoms with Gasteiger partial charge in [0.25, 0.3) is 5.91 Å². The van der Waals surface area contributed by atoms with E-state index in [2.05, 4.69) is 10.6 Å². The van der Waals surface area contributed by atoms with E-state index >= 15 is 0 Å². The minimum atomic E-state index is -0.401. The van der Waals surface area contributed by atoms with Crippen LogP contribution in [0.15, 0.2) is 48.5 Å². The molecule has 28 heavy (non-hydrogen) atoms. The molecule has 2 N–H and O–H groups in total. The van der Waals surface area contributed by atoms with Crippen molar-refractivity contribution in [1.82, 2.24) is 15.5 Å². The predicted molar refractivity (Wildman–Crippen MR) is 109 cm³/mol. The zero-order valence-electron chi connectivity index (χ0n) is 16.6. The van der Waals surface area contributed by atoms with Crippen molar-refractivity contribution >= 4 is 17.7 Å². The molecule has 0 saturated heterocycles. The number of carbonyl (C=O) groups is 3. The summed E-state index contributed by atoms with van der Waals surface area (Å²) in [6, 6.07) is 15.2. The fraction of sp³-hybridized carbons (Fsp3) is 0.318. The van der Waals surface area contributed by atoms with Gasteiger partial charge in [-0.2, -0.15) is 0 Å². The summed E-state index contributed by atoms with van der Waals surface area (Å²) in [6.07, 6.45) is 0. The van der Waals surface area contributed by atoms with Crippen molar-refractivity contribution in [2.24, 2.45) is 0 Å². The number of benzene rings is 2. The number of nitrogens with zero attached hydrogens (tertiary/aromatic N) is 1. The molecule has 0 fully saturated rings. The van der Waals surface area contributed by atoms with E-state index in [1.807, 2.05) is 57.2 Å². The molecule has 0 aliphatic carbocycles. The topological polar surface area (TPSA) is 78.5 Å². The van der Waals surface area contributed by atoms with Gasteiger partial charge in [-0.05, 0) is 38.5 Å². The van der Waals surface area contributed by atoms with E-state index in [1.165, 1.54) is 0 Å². The lowest BCUT2D eigenvalue weighted by Gasteiger charge is -2.21. The first-order valence-electron chi connectivity index (χ1n) is 9.34. The molecule has 0 aliphatic heterocycles. The number of hydrogen-bond acceptors (Lipinski definition) is 3.